The Morgan fingerprint density at radius 1 is 0.543 bits per heavy atom. The molecule has 5 rings (SSSR count). The van der Waals surface area contributed by atoms with Crippen molar-refractivity contribution >= 4 is 21.5 Å². The first kappa shape index (κ1) is 24.5. The highest BCUT2D eigenvalue weighted by Crippen LogP contribution is 2.37. The van der Waals surface area contributed by atoms with E-state index in [-0.39, 0.29) is 4.90 Å². The third-order valence-electron chi connectivity index (χ3n) is 5.33. The van der Waals surface area contributed by atoms with Crippen LogP contribution in [0, 0.1) is 6.92 Å². The van der Waals surface area contributed by atoms with Crippen molar-refractivity contribution < 1.29 is 13.0 Å². The highest BCUT2D eigenvalue weighted by atomic mass is 32.2. The maximum absolute atomic E-state index is 10.4. The summed E-state index contributed by atoms with van der Waals surface area (Å²) in [7, 11) is -4.27. The van der Waals surface area contributed by atoms with E-state index in [4.69, 9.17) is 0 Å². The number of aryl methyl sites for hydroxylation is 1. The molecule has 174 valence electrons. The molecular formula is C30H24O3S2. The number of hydrogen-bond acceptors (Lipinski definition) is 3. The van der Waals surface area contributed by atoms with Crippen molar-refractivity contribution in [1.29, 1.82) is 0 Å². The molecule has 0 saturated carbocycles. The Morgan fingerprint density at radius 2 is 0.943 bits per heavy atom. The van der Waals surface area contributed by atoms with Gasteiger partial charge in [0.25, 0.3) is 0 Å². The monoisotopic (exact) mass is 496 g/mol. The summed E-state index contributed by atoms with van der Waals surface area (Å²) in [4.78, 5) is 2.40. The summed E-state index contributed by atoms with van der Waals surface area (Å²) >= 11 is 1.84. The van der Waals surface area contributed by atoms with Crippen LogP contribution in [-0.4, -0.2) is 13.0 Å². The fourth-order valence-electron chi connectivity index (χ4n) is 3.49. The molecule has 0 N–H and O–H groups in total. The second-order valence-electron chi connectivity index (χ2n) is 7.94. The van der Waals surface area contributed by atoms with Gasteiger partial charge in [-0.15, -0.1) is 0 Å². The molecule has 0 bridgehead atoms. The Morgan fingerprint density at radius 3 is 1.34 bits per heavy atom. The van der Waals surface area contributed by atoms with Crippen LogP contribution in [0.25, 0.3) is 32.0 Å². The standard InChI is InChI=1S/C23H17S.C7H8O3S/c1-4-10-18(11-5-1)21-16-22(19-12-6-2-7-13-19)24-23(17-21)20-14-8-3-9-15-20;1-6-2-4-7(5-3-6)11(8,9)10/h1-17H;2-5H,1H3,(H,8,9,10)/q+1;/p-1. The fourth-order valence-corrected chi connectivity index (χ4v) is 5.08. The molecule has 0 saturated heterocycles. The first-order valence-electron chi connectivity index (χ1n) is 11.1. The van der Waals surface area contributed by atoms with Gasteiger partial charge in [0.2, 0.25) is 21.1 Å². The van der Waals surface area contributed by atoms with Crippen LogP contribution in [-0.2, 0) is 10.1 Å². The van der Waals surface area contributed by atoms with Gasteiger partial charge in [0.05, 0.1) is 4.90 Å². The summed E-state index contributed by atoms with van der Waals surface area (Å²) in [5.74, 6) is 0. The maximum Gasteiger partial charge on any atom is 0.239 e. The molecule has 1 aromatic heterocycles. The first-order chi connectivity index (χ1) is 16.9. The molecule has 5 heteroatoms. The molecule has 0 radical (unpaired) electrons. The molecule has 0 amide bonds. The Balaban J connectivity index is 0.000000221. The molecule has 0 aliphatic carbocycles. The van der Waals surface area contributed by atoms with Crippen LogP contribution in [0.4, 0.5) is 0 Å². The Labute approximate surface area is 210 Å². The number of benzene rings is 4. The summed E-state index contributed by atoms with van der Waals surface area (Å²) < 4.78 is 31.2. The average molecular weight is 497 g/mol. The fraction of sp³-hybridized carbons (Fsp3) is 0.0333. The molecule has 0 atom stereocenters. The van der Waals surface area contributed by atoms with Crippen molar-refractivity contribution in [2.45, 2.75) is 11.8 Å². The molecule has 3 nitrogen and oxygen atoms in total. The largest absolute Gasteiger partial charge is 0.744 e. The van der Waals surface area contributed by atoms with Crippen LogP contribution in [0.2, 0.25) is 0 Å². The van der Waals surface area contributed by atoms with Gasteiger partial charge in [0.1, 0.15) is 10.1 Å². The van der Waals surface area contributed by atoms with Gasteiger partial charge in [0, 0.05) is 23.3 Å². The van der Waals surface area contributed by atoms with Gasteiger partial charge in [-0.2, -0.15) is 0 Å². The number of hydrogen-bond donors (Lipinski definition) is 0. The van der Waals surface area contributed by atoms with E-state index in [0.717, 1.165) is 5.56 Å². The molecule has 0 spiro atoms. The summed E-state index contributed by atoms with van der Waals surface area (Å²) in [6.07, 6.45) is 0. The van der Waals surface area contributed by atoms with Gasteiger partial charge in [0.15, 0.2) is 0 Å². The van der Waals surface area contributed by atoms with Crippen LogP contribution in [0.5, 0.6) is 0 Å². The van der Waals surface area contributed by atoms with E-state index in [0.29, 0.717) is 0 Å². The minimum absolute atomic E-state index is 0.178. The lowest BCUT2D eigenvalue weighted by Crippen LogP contribution is -1.97. The summed E-state index contributed by atoms with van der Waals surface area (Å²) in [6, 6.07) is 42.2. The molecule has 0 unspecified atom stereocenters. The van der Waals surface area contributed by atoms with Gasteiger partial charge in [-0.1, -0.05) is 84.4 Å². The minimum atomic E-state index is -4.27. The lowest BCUT2D eigenvalue weighted by atomic mass is 10.0. The Hall–Kier alpha value is -3.64. The quantitative estimate of drug-likeness (QED) is 0.187. The van der Waals surface area contributed by atoms with Crippen molar-refractivity contribution in [3.05, 3.63) is 133 Å². The predicted molar refractivity (Wildman–Crippen MR) is 144 cm³/mol. The minimum Gasteiger partial charge on any atom is -0.744 e. The van der Waals surface area contributed by atoms with E-state index in [1.165, 1.54) is 44.1 Å². The van der Waals surface area contributed by atoms with E-state index in [1.54, 1.807) is 12.1 Å². The number of rotatable bonds is 4. The summed E-state index contributed by atoms with van der Waals surface area (Å²) in [6.45, 7) is 1.82. The van der Waals surface area contributed by atoms with E-state index >= 15 is 0 Å². The van der Waals surface area contributed by atoms with Crippen LogP contribution >= 0.6 is 11.3 Å². The third kappa shape index (κ3) is 6.70. The van der Waals surface area contributed by atoms with Gasteiger partial charge in [-0.25, -0.2) is 8.42 Å². The second kappa shape index (κ2) is 11.2. The SMILES string of the molecule is Cc1ccc(S(=O)(=O)[O-])cc1.c1ccc(-c2cc(-c3ccccc3)[s+]c(-c3ccccc3)c2)cc1. The second-order valence-corrected chi connectivity index (χ2v) is 10.4. The zero-order valence-corrected chi connectivity index (χ0v) is 20.8. The molecule has 0 aliphatic heterocycles. The van der Waals surface area contributed by atoms with Crippen molar-refractivity contribution in [3.63, 3.8) is 0 Å². The van der Waals surface area contributed by atoms with E-state index in [9.17, 15) is 13.0 Å². The van der Waals surface area contributed by atoms with Crippen molar-refractivity contribution in [3.8, 4) is 32.0 Å². The molecule has 5 aromatic rings. The molecular weight excluding hydrogens is 472 g/mol. The zero-order chi connectivity index (χ0) is 24.7. The Kier molecular flexibility index (Phi) is 7.83. The van der Waals surface area contributed by atoms with Crippen LogP contribution in [0.15, 0.2) is 132 Å². The lowest BCUT2D eigenvalue weighted by Gasteiger charge is -2.05. The van der Waals surface area contributed by atoms with Gasteiger partial charge in [-0.3, -0.25) is 0 Å². The molecule has 1 heterocycles. The van der Waals surface area contributed by atoms with Crippen LogP contribution in [0.1, 0.15) is 5.56 Å². The molecule has 4 aromatic carbocycles. The smallest absolute Gasteiger partial charge is 0.239 e. The molecule has 35 heavy (non-hydrogen) atoms. The van der Waals surface area contributed by atoms with Crippen molar-refractivity contribution in [2.24, 2.45) is 0 Å². The highest BCUT2D eigenvalue weighted by Gasteiger charge is 2.18. The van der Waals surface area contributed by atoms with E-state index in [2.05, 4.69) is 103 Å². The topological polar surface area (TPSA) is 57.2 Å². The van der Waals surface area contributed by atoms with Gasteiger partial charge >= 0.3 is 0 Å². The lowest BCUT2D eigenvalue weighted by molar-refractivity contribution is 0.463. The van der Waals surface area contributed by atoms with Crippen molar-refractivity contribution in [2.75, 3.05) is 0 Å². The summed E-state index contributed by atoms with van der Waals surface area (Å²) in [5.41, 5.74) is 5.96. The normalized spacial score (nSPS) is 10.8. The van der Waals surface area contributed by atoms with Gasteiger partial charge in [-0.05, 0) is 54.4 Å². The van der Waals surface area contributed by atoms with E-state index in [1.807, 2.05) is 18.3 Å². The zero-order valence-electron chi connectivity index (χ0n) is 19.2. The van der Waals surface area contributed by atoms with E-state index < -0.39 is 10.1 Å². The molecule has 0 fully saturated rings. The Bertz CT molecular complexity index is 1340. The van der Waals surface area contributed by atoms with Crippen molar-refractivity contribution in [1.82, 2.24) is 0 Å². The predicted octanol–water partition coefficient (Wildman–Crippen LogP) is 7.93. The first-order valence-corrected chi connectivity index (χ1v) is 13.3. The maximum atomic E-state index is 10.4. The highest BCUT2D eigenvalue weighted by molar-refractivity contribution is 7.85. The van der Waals surface area contributed by atoms with Crippen LogP contribution < -0.4 is 0 Å². The summed E-state index contributed by atoms with van der Waals surface area (Å²) in [5, 5.41) is 0. The van der Waals surface area contributed by atoms with Gasteiger partial charge < -0.3 is 4.55 Å². The average Bonchev–Trinajstić information content (AvgIpc) is 2.90. The van der Waals surface area contributed by atoms with Crippen LogP contribution in [0.3, 0.4) is 0 Å². The molecule has 0 aliphatic rings. The third-order valence-corrected chi connectivity index (χ3v) is 7.32.